The van der Waals surface area contributed by atoms with Crippen LogP contribution in [0.25, 0.3) is 0 Å². The van der Waals surface area contributed by atoms with Crippen molar-refractivity contribution in [3.05, 3.63) is 81.8 Å². The number of carbonyl (C=O) groups is 1. The van der Waals surface area contributed by atoms with E-state index in [1.54, 1.807) is 11.4 Å². The monoisotopic (exact) mass is 395 g/mol. The van der Waals surface area contributed by atoms with Gasteiger partial charge in [0.1, 0.15) is 6.61 Å². The molecule has 3 aromatic rings. The number of hydrogen-bond donors (Lipinski definition) is 1. The summed E-state index contributed by atoms with van der Waals surface area (Å²) >= 11 is 1.06. The number of rotatable bonds is 5. The maximum Gasteiger partial charge on any atom is 0.418 e. The minimum Gasteiger partial charge on any atom is -0.486 e. The molecular formula is C19H13F4NO2S. The zero-order valence-corrected chi connectivity index (χ0v) is 14.5. The largest absolute Gasteiger partial charge is 0.486 e. The van der Waals surface area contributed by atoms with E-state index >= 15 is 0 Å². The van der Waals surface area contributed by atoms with Gasteiger partial charge in [0.05, 0.1) is 16.1 Å². The van der Waals surface area contributed by atoms with E-state index in [-0.39, 0.29) is 22.9 Å². The third-order valence-corrected chi connectivity index (χ3v) is 4.57. The predicted octanol–water partition coefficient (Wildman–Crippen LogP) is 5.74. The summed E-state index contributed by atoms with van der Waals surface area (Å²) in [6, 6.07) is 12.2. The van der Waals surface area contributed by atoms with Gasteiger partial charge in [0, 0.05) is 5.56 Å². The van der Waals surface area contributed by atoms with E-state index in [9.17, 15) is 22.4 Å². The average molecular weight is 395 g/mol. The van der Waals surface area contributed by atoms with E-state index in [1.165, 1.54) is 42.5 Å². The van der Waals surface area contributed by atoms with Crippen LogP contribution < -0.4 is 10.1 Å². The SMILES string of the molecule is O=C(Nc1ccccc1C(F)(F)F)c1cc(COc2ccccc2F)cs1. The third kappa shape index (κ3) is 4.65. The molecule has 0 bridgehead atoms. The molecule has 27 heavy (non-hydrogen) atoms. The van der Waals surface area contributed by atoms with Crippen molar-refractivity contribution in [1.29, 1.82) is 0 Å². The first-order chi connectivity index (χ1) is 12.8. The zero-order valence-electron chi connectivity index (χ0n) is 13.7. The molecule has 3 nitrogen and oxygen atoms in total. The van der Waals surface area contributed by atoms with Crippen LogP contribution in [0.1, 0.15) is 20.8 Å². The van der Waals surface area contributed by atoms with Gasteiger partial charge in [-0.15, -0.1) is 11.3 Å². The number of alkyl halides is 3. The van der Waals surface area contributed by atoms with Crippen LogP contribution in [0.4, 0.5) is 23.2 Å². The van der Waals surface area contributed by atoms with Crippen LogP contribution in [0.5, 0.6) is 5.75 Å². The molecule has 0 unspecified atom stereocenters. The maximum atomic E-state index is 13.5. The number of hydrogen-bond acceptors (Lipinski definition) is 3. The van der Waals surface area contributed by atoms with E-state index in [1.807, 2.05) is 0 Å². The Bertz CT molecular complexity index is 953. The Morgan fingerprint density at radius 1 is 1.07 bits per heavy atom. The molecule has 0 fully saturated rings. The Morgan fingerprint density at radius 2 is 1.78 bits per heavy atom. The van der Waals surface area contributed by atoms with Crippen molar-refractivity contribution >= 4 is 22.9 Å². The molecule has 1 N–H and O–H groups in total. The Morgan fingerprint density at radius 3 is 2.52 bits per heavy atom. The fourth-order valence-corrected chi connectivity index (χ4v) is 3.11. The van der Waals surface area contributed by atoms with Crippen LogP contribution in [-0.4, -0.2) is 5.91 Å². The summed E-state index contributed by atoms with van der Waals surface area (Å²) in [5, 5.41) is 3.91. The fourth-order valence-electron chi connectivity index (χ4n) is 2.32. The molecule has 2 aromatic carbocycles. The number of nitrogens with one attached hydrogen (secondary N) is 1. The van der Waals surface area contributed by atoms with Crippen molar-refractivity contribution in [2.45, 2.75) is 12.8 Å². The van der Waals surface area contributed by atoms with Crippen molar-refractivity contribution in [1.82, 2.24) is 0 Å². The van der Waals surface area contributed by atoms with Crippen LogP contribution in [0.3, 0.4) is 0 Å². The molecule has 8 heteroatoms. The molecular weight excluding hydrogens is 382 g/mol. The fraction of sp³-hybridized carbons (Fsp3) is 0.105. The topological polar surface area (TPSA) is 38.3 Å². The summed E-state index contributed by atoms with van der Waals surface area (Å²) < 4.78 is 57.9. The lowest BCUT2D eigenvalue weighted by Gasteiger charge is -2.12. The Hall–Kier alpha value is -2.87. The number of ether oxygens (including phenoxy) is 1. The normalized spacial score (nSPS) is 11.3. The van der Waals surface area contributed by atoms with Crippen LogP contribution >= 0.6 is 11.3 Å². The number of benzene rings is 2. The number of carbonyl (C=O) groups excluding carboxylic acids is 1. The molecule has 3 rings (SSSR count). The highest BCUT2D eigenvalue weighted by atomic mass is 32.1. The van der Waals surface area contributed by atoms with Crippen LogP contribution in [0, 0.1) is 5.82 Å². The van der Waals surface area contributed by atoms with Crippen molar-refractivity contribution < 1.29 is 27.1 Å². The smallest absolute Gasteiger partial charge is 0.418 e. The summed E-state index contributed by atoms with van der Waals surface area (Å²) in [7, 11) is 0. The van der Waals surface area contributed by atoms with Crippen molar-refractivity contribution in [2.24, 2.45) is 0 Å². The first kappa shape index (κ1) is 18.9. The zero-order chi connectivity index (χ0) is 19.4. The molecule has 0 aliphatic heterocycles. The lowest BCUT2D eigenvalue weighted by atomic mass is 10.1. The molecule has 1 amide bonds. The number of thiophene rings is 1. The number of halogens is 4. The van der Waals surface area contributed by atoms with Crippen molar-refractivity contribution in [2.75, 3.05) is 5.32 Å². The lowest BCUT2D eigenvalue weighted by molar-refractivity contribution is -0.136. The van der Waals surface area contributed by atoms with E-state index in [0.717, 1.165) is 17.4 Å². The molecule has 140 valence electrons. The van der Waals surface area contributed by atoms with Gasteiger partial charge in [-0.2, -0.15) is 13.2 Å². The summed E-state index contributed by atoms with van der Waals surface area (Å²) in [5.74, 6) is -1.09. The number of para-hydroxylation sites is 2. The van der Waals surface area contributed by atoms with Crippen LogP contribution in [0.15, 0.2) is 60.0 Å². The van der Waals surface area contributed by atoms with E-state index < -0.39 is 23.5 Å². The van der Waals surface area contributed by atoms with Crippen molar-refractivity contribution in [3.63, 3.8) is 0 Å². The first-order valence-corrected chi connectivity index (χ1v) is 8.65. The Labute approximate surface area is 156 Å². The molecule has 0 saturated carbocycles. The third-order valence-electron chi connectivity index (χ3n) is 3.59. The van der Waals surface area contributed by atoms with Gasteiger partial charge in [-0.1, -0.05) is 24.3 Å². The minimum atomic E-state index is -4.57. The highest BCUT2D eigenvalue weighted by molar-refractivity contribution is 7.12. The second-order valence-electron chi connectivity index (χ2n) is 5.54. The highest BCUT2D eigenvalue weighted by Gasteiger charge is 2.33. The van der Waals surface area contributed by atoms with Gasteiger partial charge >= 0.3 is 6.18 Å². The first-order valence-electron chi connectivity index (χ1n) is 7.77. The van der Waals surface area contributed by atoms with Gasteiger partial charge in [-0.05, 0) is 35.7 Å². The van der Waals surface area contributed by atoms with Gasteiger partial charge in [0.25, 0.3) is 5.91 Å². The average Bonchev–Trinajstić information content (AvgIpc) is 3.10. The Balaban J connectivity index is 1.68. The van der Waals surface area contributed by atoms with Crippen LogP contribution in [-0.2, 0) is 12.8 Å². The Kier molecular flexibility index (Phi) is 5.46. The van der Waals surface area contributed by atoms with Gasteiger partial charge in [0.2, 0.25) is 0 Å². The van der Waals surface area contributed by atoms with Gasteiger partial charge in [-0.25, -0.2) is 4.39 Å². The standard InChI is InChI=1S/C19H13F4NO2S/c20-14-6-2-4-8-16(14)26-10-12-9-17(27-11-12)18(25)24-15-7-3-1-5-13(15)19(21,22)23/h1-9,11H,10H2,(H,24,25). The number of amides is 1. The molecule has 0 radical (unpaired) electrons. The lowest BCUT2D eigenvalue weighted by Crippen LogP contribution is -2.15. The predicted molar refractivity (Wildman–Crippen MR) is 94.4 cm³/mol. The van der Waals surface area contributed by atoms with Gasteiger partial charge in [0.15, 0.2) is 11.6 Å². The summed E-state index contributed by atoms with van der Waals surface area (Å²) in [6.07, 6.45) is -4.57. The van der Waals surface area contributed by atoms with Crippen LogP contribution in [0.2, 0.25) is 0 Å². The molecule has 0 saturated heterocycles. The van der Waals surface area contributed by atoms with Crippen molar-refractivity contribution in [3.8, 4) is 5.75 Å². The van der Waals surface area contributed by atoms with Gasteiger partial charge in [-0.3, -0.25) is 4.79 Å². The van der Waals surface area contributed by atoms with Gasteiger partial charge < -0.3 is 10.1 Å². The molecule has 0 aliphatic carbocycles. The summed E-state index contributed by atoms with van der Waals surface area (Å²) in [5.41, 5.74) is -0.622. The maximum absolute atomic E-state index is 13.5. The summed E-state index contributed by atoms with van der Waals surface area (Å²) in [4.78, 5) is 12.5. The molecule has 0 aliphatic rings. The highest BCUT2D eigenvalue weighted by Crippen LogP contribution is 2.35. The minimum absolute atomic E-state index is 0.0316. The molecule has 1 aromatic heterocycles. The second-order valence-corrected chi connectivity index (χ2v) is 6.45. The second kappa shape index (κ2) is 7.79. The quantitative estimate of drug-likeness (QED) is 0.560. The van der Waals surface area contributed by atoms with E-state index in [0.29, 0.717) is 5.56 Å². The van der Waals surface area contributed by atoms with E-state index in [2.05, 4.69) is 5.32 Å². The van der Waals surface area contributed by atoms with E-state index in [4.69, 9.17) is 4.74 Å². The molecule has 1 heterocycles. The summed E-state index contributed by atoms with van der Waals surface area (Å²) in [6.45, 7) is 0.0316. The number of anilines is 1. The molecule has 0 atom stereocenters. The molecule has 0 spiro atoms.